The fraction of sp³-hybridized carbons (Fsp3) is 0.652. The number of hydrogen-bond donors (Lipinski definition) is 2. The maximum absolute atomic E-state index is 13.2. The third-order valence-electron chi connectivity index (χ3n) is 5.79. The van der Waals surface area contributed by atoms with Gasteiger partial charge in [-0.25, -0.2) is 0 Å². The molecule has 160 valence electrons. The van der Waals surface area contributed by atoms with Crippen molar-refractivity contribution in [2.75, 3.05) is 5.32 Å². The smallest absolute Gasteiger partial charge is 0.227 e. The topological polar surface area (TPSA) is 75.4 Å². The minimum absolute atomic E-state index is 0.0696. The number of benzene rings is 1. The molecule has 5 nitrogen and oxygen atoms in total. The minimum Gasteiger partial charge on any atom is -0.335 e. The van der Waals surface area contributed by atoms with E-state index in [9.17, 15) is 9.59 Å². The number of amides is 2. The Labute approximate surface area is 179 Å². The number of carbonyl (C=O) groups is 2. The van der Waals surface area contributed by atoms with Crippen LogP contribution in [0.3, 0.4) is 0 Å². The second-order valence-corrected chi connectivity index (χ2v) is 10.3. The van der Waals surface area contributed by atoms with Crippen LogP contribution >= 0.6 is 11.6 Å². The Morgan fingerprint density at radius 3 is 2.38 bits per heavy atom. The largest absolute Gasteiger partial charge is 0.335 e. The normalized spacial score (nSPS) is 22.2. The lowest BCUT2D eigenvalue weighted by Gasteiger charge is -2.37. The molecule has 3 rings (SSSR count). The van der Waals surface area contributed by atoms with Gasteiger partial charge in [-0.05, 0) is 67.7 Å². The van der Waals surface area contributed by atoms with E-state index in [1.54, 1.807) is 0 Å². The Balaban J connectivity index is 1.78. The van der Waals surface area contributed by atoms with Gasteiger partial charge in [0.1, 0.15) is 0 Å². The Morgan fingerprint density at radius 2 is 1.79 bits per heavy atom. The van der Waals surface area contributed by atoms with E-state index in [0.717, 1.165) is 49.8 Å². The Hall–Kier alpha value is -1.59. The summed E-state index contributed by atoms with van der Waals surface area (Å²) in [5, 5.41) is 3.60. The summed E-state index contributed by atoms with van der Waals surface area (Å²) in [5.41, 5.74) is 7.62. The molecule has 2 amide bonds. The third kappa shape index (κ3) is 6.45. The molecule has 0 spiro atoms. The van der Waals surface area contributed by atoms with E-state index in [1.165, 1.54) is 0 Å². The number of rotatable bonds is 6. The third-order valence-corrected chi connectivity index (χ3v) is 6.15. The second-order valence-electron chi connectivity index (χ2n) is 9.90. The molecule has 2 aliphatic rings. The van der Waals surface area contributed by atoms with Gasteiger partial charge < -0.3 is 16.0 Å². The standard InChI is InChI=1S/C23H34ClN3O2/c1-23(2,3)13-21(28)27(19-9-6-17(25)7-10-19)14-16-12-18(8-11-20(16)24)26-22(29)15-4-5-15/h8,11-12,15,17,19H,4-7,9-10,13-14,25H2,1-3H3,(H,26,29). The lowest BCUT2D eigenvalue weighted by Crippen LogP contribution is -2.44. The van der Waals surface area contributed by atoms with Crippen molar-refractivity contribution in [1.82, 2.24) is 4.90 Å². The first-order valence-corrected chi connectivity index (χ1v) is 11.1. The Morgan fingerprint density at radius 1 is 1.14 bits per heavy atom. The number of anilines is 1. The quantitative estimate of drug-likeness (QED) is 0.700. The Bertz CT molecular complexity index is 747. The van der Waals surface area contributed by atoms with Crippen molar-refractivity contribution in [2.24, 2.45) is 17.1 Å². The molecule has 29 heavy (non-hydrogen) atoms. The van der Waals surface area contributed by atoms with Gasteiger partial charge in [0.05, 0.1) is 0 Å². The predicted octanol–water partition coefficient (Wildman–Crippen LogP) is 4.72. The number of carbonyl (C=O) groups excluding carboxylic acids is 2. The monoisotopic (exact) mass is 419 g/mol. The molecule has 0 bridgehead atoms. The first-order valence-electron chi connectivity index (χ1n) is 10.8. The van der Waals surface area contributed by atoms with Crippen molar-refractivity contribution >= 4 is 29.1 Å². The van der Waals surface area contributed by atoms with Gasteiger partial charge in [0, 0.05) is 41.7 Å². The zero-order chi connectivity index (χ0) is 21.2. The van der Waals surface area contributed by atoms with Gasteiger partial charge >= 0.3 is 0 Å². The van der Waals surface area contributed by atoms with Crippen molar-refractivity contribution in [3.05, 3.63) is 28.8 Å². The van der Waals surface area contributed by atoms with Crippen LogP contribution in [0.15, 0.2) is 18.2 Å². The first kappa shape index (κ1) is 22.1. The van der Waals surface area contributed by atoms with Gasteiger partial charge in [-0.1, -0.05) is 32.4 Å². The lowest BCUT2D eigenvalue weighted by atomic mass is 9.88. The maximum Gasteiger partial charge on any atom is 0.227 e. The molecule has 0 aromatic heterocycles. The maximum atomic E-state index is 13.2. The van der Waals surface area contributed by atoms with Crippen molar-refractivity contribution in [2.45, 2.75) is 84.3 Å². The van der Waals surface area contributed by atoms with Crippen LogP contribution in [-0.4, -0.2) is 28.8 Å². The van der Waals surface area contributed by atoms with Gasteiger partial charge in [-0.3, -0.25) is 9.59 Å². The van der Waals surface area contributed by atoms with E-state index in [4.69, 9.17) is 17.3 Å². The van der Waals surface area contributed by atoms with E-state index < -0.39 is 0 Å². The number of hydrogen-bond acceptors (Lipinski definition) is 3. The fourth-order valence-electron chi connectivity index (χ4n) is 3.94. The number of nitrogens with one attached hydrogen (secondary N) is 1. The molecular weight excluding hydrogens is 386 g/mol. The van der Waals surface area contributed by atoms with Crippen molar-refractivity contribution in [3.63, 3.8) is 0 Å². The molecule has 1 aromatic carbocycles. The van der Waals surface area contributed by atoms with E-state index in [2.05, 4.69) is 26.1 Å². The van der Waals surface area contributed by atoms with Crippen LogP contribution in [0, 0.1) is 11.3 Å². The molecule has 0 atom stereocenters. The van der Waals surface area contributed by atoms with Crippen LogP contribution in [-0.2, 0) is 16.1 Å². The summed E-state index contributed by atoms with van der Waals surface area (Å²) in [6.45, 7) is 6.71. The molecule has 1 aromatic rings. The molecule has 2 fully saturated rings. The SMILES string of the molecule is CC(C)(C)CC(=O)N(Cc1cc(NC(=O)C2CC2)ccc1Cl)C1CCC(N)CC1. The summed E-state index contributed by atoms with van der Waals surface area (Å²) >= 11 is 6.48. The lowest BCUT2D eigenvalue weighted by molar-refractivity contribution is -0.137. The van der Waals surface area contributed by atoms with E-state index in [0.29, 0.717) is 18.0 Å². The zero-order valence-corrected chi connectivity index (χ0v) is 18.6. The molecule has 0 aliphatic heterocycles. The van der Waals surface area contributed by atoms with E-state index in [1.807, 2.05) is 23.1 Å². The summed E-state index contributed by atoms with van der Waals surface area (Å²) in [7, 11) is 0. The molecule has 3 N–H and O–H groups in total. The van der Waals surface area contributed by atoms with Crippen molar-refractivity contribution < 1.29 is 9.59 Å². The van der Waals surface area contributed by atoms with Crippen LogP contribution in [0.5, 0.6) is 0 Å². The summed E-state index contributed by atoms with van der Waals surface area (Å²) in [6, 6.07) is 5.96. The van der Waals surface area contributed by atoms with Gasteiger partial charge in [-0.15, -0.1) is 0 Å². The second kappa shape index (κ2) is 9.05. The summed E-state index contributed by atoms with van der Waals surface area (Å²) in [5.74, 6) is 0.368. The van der Waals surface area contributed by atoms with Crippen LogP contribution in [0.1, 0.15) is 71.3 Å². The van der Waals surface area contributed by atoms with Crippen molar-refractivity contribution in [1.29, 1.82) is 0 Å². The molecular formula is C23H34ClN3O2. The summed E-state index contributed by atoms with van der Waals surface area (Å²) in [6.07, 6.45) is 6.14. The highest BCUT2D eigenvalue weighted by Gasteiger charge is 2.31. The van der Waals surface area contributed by atoms with Gasteiger partial charge in [0.15, 0.2) is 0 Å². The molecule has 2 saturated carbocycles. The molecule has 0 radical (unpaired) electrons. The highest BCUT2D eigenvalue weighted by Crippen LogP contribution is 2.32. The van der Waals surface area contributed by atoms with E-state index >= 15 is 0 Å². The number of halogens is 1. The number of nitrogens with zero attached hydrogens (tertiary/aromatic N) is 1. The average Bonchev–Trinajstić information content (AvgIpc) is 3.46. The molecule has 6 heteroatoms. The zero-order valence-electron chi connectivity index (χ0n) is 17.8. The average molecular weight is 420 g/mol. The van der Waals surface area contributed by atoms with Crippen LogP contribution in [0.2, 0.25) is 5.02 Å². The van der Waals surface area contributed by atoms with Crippen molar-refractivity contribution in [3.8, 4) is 0 Å². The fourth-order valence-corrected chi connectivity index (χ4v) is 4.11. The summed E-state index contributed by atoms with van der Waals surface area (Å²) in [4.78, 5) is 27.3. The Kier molecular flexibility index (Phi) is 6.90. The van der Waals surface area contributed by atoms with Gasteiger partial charge in [0.25, 0.3) is 0 Å². The number of nitrogens with two attached hydrogens (primary N) is 1. The van der Waals surface area contributed by atoms with Crippen LogP contribution < -0.4 is 11.1 Å². The summed E-state index contributed by atoms with van der Waals surface area (Å²) < 4.78 is 0. The predicted molar refractivity (Wildman–Crippen MR) is 118 cm³/mol. The molecule has 0 saturated heterocycles. The van der Waals surface area contributed by atoms with Crippen LogP contribution in [0.25, 0.3) is 0 Å². The highest BCUT2D eigenvalue weighted by molar-refractivity contribution is 6.31. The minimum atomic E-state index is -0.0791. The first-order chi connectivity index (χ1) is 13.6. The molecule has 0 heterocycles. The van der Waals surface area contributed by atoms with Crippen LogP contribution in [0.4, 0.5) is 5.69 Å². The van der Waals surface area contributed by atoms with Gasteiger partial charge in [-0.2, -0.15) is 0 Å². The molecule has 2 aliphatic carbocycles. The van der Waals surface area contributed by atoms with Gasteiger partial charge in [0.2, 0.25) is 11.8 Å². The highest BCUT2D eigenvalue weighted by atomic mass is 35.5. The van der Waals surface area contributed by atoms with E-state index in [-0.39, 0.29) is 35.2 Å². The molecule has 0 unspecified atom stereocenters.